The molecule has 0 unspecified atom stereocenters. The molecule has 290 valence electrons. The minimum absolute atomic E-state index is 0.722. The maximum atomic E-state index is 12.4. The molecule has 0 heterocycles. The van der Waals surface area contributed by atoms with Crippen molar-refractivity contribution in [1.29, 1.82) is 0 Å². The van der Waals surface area contributed by atoms with Crippen LogP contribution in [0.25, 0.3) is 0 Å². The van der Waals surface area contributed by atoms with E-state index in [2.05, 4.69) is 13.8 Å². The van der Waals surface area contributed by atoms with Crippen molar-refractivity contribution in [2.24, 2.45) is 0 Å². The van der Waals surface area contributed by atoms with Crippen LogP contribution in [0.2, 0.25) is 0 Å². The zero-order valence-corrected chi connectivity index (χ0v) is 33.5. The summed E-state index contributed by atoms with van der Waals surface area (Å²) in [6.07, 6.45) is 32.0. The Morgan fingerprint density at radius 3 is 0.885 bits per heavy atom. The highest BCUT2D eigenvalue weighted by Gasteiger charge is 2.34. The lowest BCUT2D eigenvalue weighted by atomic mass is 9.80. The summed E-state index contributed by atoms with van der Waals surface area (Å²) < 4.78 is 17.6. The first-order valence-corrected chi connectivity index (χ1v) is 21.4. The first kappa shape index (κ1) is 43.4. The molecule has 0 atom stereocenters. The predicted molar refractivity (Wildman–Crippen MR) is 221 cm³/mol. The monoisotopic (exact) mass is 715 g/mol. The molecule has 0 amide bonds. The summed E-state index contributed by atoms with van der Waals surface area (Å²) in [7, 11) is 1.66. The third-order valence-electron chi connectivity index (χ3n) is 10.6. The van der Waals surface area contributed by atoms with Crippen LogP contribution in [0, 0.1) is 0 Å². The molecule has 4 heteroatoms. The SMILES string of the molecule is CCCCCCCCCCCCCCOc1ccc(C(O)(c2ccc(OC)cc2)c2ccc(OCCCCCCCCCCCCCC)cc2)cc1. The van der Waals surface area contributed by atoms with E-state index >= 15 is 0 Å². The van der Waals surface area contributed by atoms with Crippen LogP contribution in [0.4, 0.5) is 0 Å². The summed E-state index contributed by atoms with van der Waals surface area (Å²) in [5, 5.41) is 12.4. The topological polar surface area (TPSA) is 47.9 Å². The zero-order chi connectivity index (χ0) is 37.0. The van der Waals surface area contributed by atoms with Crippen LogP contribution in [0.3, 0.4) is 0 Å². The van der Waals surface area contributed by atoms with Crippen molar-refractivity contribution < 1.29 is 19.3 Å². The van der Waals surface area contributed by atoms with Gasteiger partial charge in [-0.2, -0.15) is 0 Å². The van der Waals surface area contributed by atoms with Crippen LogP contribution in [0.15, 0.2) is 72.8 Å². The van der Waals surface area contributed by atoms with Gasteiger partial charge in [-0.15, -0.1) is 0 Å². The maximum absolute atomic E-state index is 12.4. The molecule has 3 aromatic rings. The number of hydrogen-bond donors (Lipinski definition) is 1. The maximum Gasteiger partial charge on any atom is 0.140 e. The van der Waals surface area contributed by atoms with E-state index in [4.69, 9.17) is 14.2 Å². The van der Waals surface area contributed by atoms with Gasteiger partial charge in [0, 0.05) is 0 Å². The minimum atomic E-state index is -1.34. The molecule has 3 rings (SSSR count). The average Bonchev–Trinajstić information content (AvgIpc) is 3.18. The Hall–Kier alpha value is -2.98. The van der Waals surface area contributed by atoms with Gasteiger partial charge >= 0.3 is 0 Å². The zero-order valence-electron chi connectivity index (χ0n) is 33.5. The molecular formula is C48H74O4. The fourth-order valence-electron chi connectivity index (χ4n) is 7.18. The molecule has 0 spiro atoms. The molecule has 0 aliphatic rings. The number of unbranched alkanes of at least 4 members (excludes halogenated alkanes) is 22. The van der Waals surface area contributed by atoms with Crippen LogP contribution in [-0.2, 0) is 5.60 Å². The first-order chi connectivity index (χ1) is 25.6. The van der Waals surface area contributed by atoms with Crippen molar-refractivity contribution in [1.82, 2.24) is 0 Å². The molecule has 0 radical (unpaired) electrons. The largest absolute Gasteiger partial charge is 0.497 e. The smallest absolute Gasteiger partial charge is 0.140 e. The molecule has 0 aliphatic carbocycles. The van der Waals surface area contributed by atoms with Gasteiger partial charge in [0.1, 0.15) is 22.8 Å². The Balaban J connectivity index is 1.43. The van der Waals surface area contributed by atoms with Crippen LogP contribution in [0.5, 0.6) is 17.2 Å². The quantitative estimate of drug-likeness (QED) is 0.0517. The van der Waals surface area contributed by atoms with Crippen molar-refractivity contribution in [2.75, 3.05) is 20.3 Å². The van der Waals surface area contributed by atoms with Crippen LogP contribution >= 0.6 is 0 Å². The van der Waals surface area contributed by atoms with Crippen molar-refractivity contribution >= 4 is 0 Å². The van der Waals surface area contributed by atoms with E-state index in [1.54, 1.807) is 7.11 Å². The number of benzene rings is 3. The highest BCUT2D eigenvalue weighted by atomic mass is 16.5. The Kier molecular flexibility index (Phi) is 23.0. The normalized spacial score (nSPS) is 11.5. The molecule has 0 saturated heterocycles. The van der Waals surface area contributed by atoms with Crippen molar-refractivity contribution in [3.63, 3.8) is 0 Å². The highest BCUT2D eigenvalue weighted by molar-refractivity contribution is 5.50. The molecule has 1 N–H and O–H groups in total. The lowest BCUT2D eigenvalue weighted by Crippen LogP contribution is -2.28. The molecule has 4 nitrogen and oxygen atoms in total. The van der Waals surface area contributed by atoms with Crippen molar-refractivity contribution in [3.05, 3.63) is 89.5 Å². The molecule has 3 aromatic carbocycles. The molecular weight excluding hydrogens is 641 g/mol. The van der Waals surface area contributed by atoms with Gasteiger partial charge in [0.25, 0.3) is 0 Å². The van der Waals surface area contributed by atoms with E-state index < -0.39 is 5.60 Å². The van der Waals surface area contributed by atoms with Gasteiger partial charge in [0.2, 0.25) is 0 Å². The second-order valence-electron chi connectivity index (χ2n) is 15.0. The van der Waals surface area contributed by atoms with E-state index in [0.29, 0.717) is 0 Å². The molecule has 0 bridgehead atoms. The minimum Gasteiger partial charge on any atom is -0.497 e. The third-order valence-corrected chi connectivity index (χ3v) is 10.6. The fraction of sp³-hybridized carbons (Fsp3) is 0.625. The second kappa shape index (κ2) is 27.6. The lowest BCUT2D eigenvalue weighted by Gasteiger charge is -2.30. The Morgan fingerprint density at radius 2 is 0.615 bits per heavy atom. The second-order valence-corrected chi connectivity index (χ2v) is 15.0. The van der Waals surface area contributed by atoms with E-state index in [0.717, 1.165) is 60.0 Å². The van der Waals surface area contributed by atoms with Gasteiger partial charge in [-0.25, -0.2) is 0 Å². The summed E-state index contributed by atoms with van der Waals surface area (Å²) in [5.41, 5.74) is 1.03. The van der Waals surface area contributed by atoms with Crippen molar-refractivity contribution in [3.8, 4) is 17.2 Å². The first-order valence-electron chi connectivity index (χ1n) is 21.4. The number of aliphatic hydroxyl groups is 1. The van der Waals surface area contributed by atoms with E-state index in [-0.39, 0.29) is 0 Å². The van der Waals surface area contributed by atoms with Crippen molar-refractivity contribution in [2.45, 2.75) is 174 Å². The Bertz CT molecular complexity index is 1180. The van der Waals surface area contributed by atoms with Crippen LogP contribution in [-0.4, -0.2) is 25.4 Å². The van der Waals surface area contributed by atoms with Gasteiger partial charge < -0.3 is 19.3 Å². The summed E-state index contributed by atoms with van der Waals surface area (Å²) in [5.74, 6) is 2.44. The van der Waals surface area contributed by atoms with Gasteiger partial charge in [-0.3, -0.25) is 0 Å². The summed E-state index contributed by atoms with van der Waals surface area (Å²) >= 11 is 0. The third kappa shape index (κ3) is 16.8. The van der Waals surface area contributed by atoms with E-state index in [9.17, 15) is 5.11 Å². The summed E-state index contributed by atoms with van der Waals surface area (Å²) in [6.45, 7) is 6.01. The molecule has 0 saturated carbocycles. The van der Waals surface area contributed by atoms with Crippen LogP contribution < -0.4 is 14.2 Å². The molecule has 0 aliphatic heterocycles. The molecule has 0 fully saturated rings. The number of hydrogen-bond acceptors (Lipinski definition) is 4. The van der Waals surface area contributed by atoms with Gasteiger partial charge in [-0.1, -0.05) is 192 Å². The van der Waals surface area contributed by atoms with Crippen LogP contribution in [0.1, 0.15) is 185 Å². The number of methoxy groups -OCH3 is 1. The Morgan fingerprint density at radius 1 is 0.365 bits per heavy atom. The Labute approximate surface area is 319 Å². The van der Waals surface area contributed by atoms with E-state index in [1.165, 1.54) is 141 Å². The number of rotatable bonds is 32. The lowest BCUT2D eigenvalue weighted by molar-refractivity contribution is 0.125. The van der Waals surface area contributed by atoms with E-state index in [1.807, 2.05) is 72.8 Å². The van der Waals surface area contributed by atoms with Gasteiger partial charge in [0.15, 0.2) is 0 Å². The predicted octanol–water partition coefficient (Wildman–Crippen LogP) is 14.1. The average molecular weight is 715 g/mol. The summed E-state index contributed by atoms with van der Waals surface area (Å²) in [4.78, 5) is 0. The highest BCUT2D eigenvalue weighted by Crippen LogP contribution is 2.38. The molecule has 52 heavy (non-hydrogen) atoms. The van der Waals surface area contributed by atoms with Gasteiger partial charge in [-0.05, 0) is 65.9 Å². The molecule has 0 aromatic heterocycles. The fourth-order valence-corrected chi connectivity index (χ4v) is 7.18. The van der Waals surface area contributed by atoms with Gasteiger partial charge in [0.05, 0.1) is 20.3 Å². The summed E-state index contributed by atoms with van der Waals surface area (Å²) in [6, 6.07) is 23.6. The number of ether oxygens (including phenoxy) is 3. The standard InChI is InChI=1S/C48H74O4/c1-4-6-8-10-12-14-16-18-20-22-24-26-40-51-46-36-30-43(31-37-46)48(49,42-28-34-45(50-3)35-29-42)44-32-38-47(39-33-44)52-41-27-25-23-21-19-17-15-13-11-9-7-5-2/h28-39,49H,4-27,40-41H2,1-3H3.